The van der Waals surface area contributed by atoms with Gasteiger partial charge in [-0.15, -0.1) is 0 Å². The Labute approximate surface area is 168 Å². The highest BCUT2D eigenvalue weighted by atomic mass is 35.5. The van der Waals surface area contributed by atoms with Gasteiger partial charge in [-0.2, -0.15) is 0 Å². The van der Waals surface area contributed by atoms with Gasteiger partial charge in [0.2, 0.25) is 0 Å². The first-order valence-corrected chi connectivity index (χ1v) is 10.2. The molecule has 1 aliphatic heterocycles. The molecular formula is C20H34ClN5O. The highest BCUT2D eigenvalue weighted by Gasteiger charge is 2.14. The number of aliphatic imine (C=N–C) groups is 1. The molecule has 1 aliphatic rings. The summed E-state index contributed by atoms with van der Waals surface area (Å²) in [6.07, 6.45) is 1.10. The van der Waals surface area contributed by atoms with E-state index in [0.717, 1.165) is 63.3 Å². The Balaban J connectivity index is 1.85. The summed E-state index contributed by atoms with van der Waals surface area (Å²) in [5.41, 5.74) is 1.22. The number of hydrogen-bond acceptors (Lipinski definition) is 4. The quantitative estimate of drug-likeness (QED) is 0.381. The van der Waals surface area contributed by atoms with Gasteiger partial charge >= 0.3 is 0 Å². The second-order valence-electron chi connectivity index (χ2n) is 6.98. The van der Waals surface area contributed by atoms with Crippen LogP contribution >= 0.6 is 11.6 Å². The van der Waals surface area contributed by atoms with E-state index in [1.165, 1.54) is 5.56 Å². The van der Waals surface area contributed by atoms with Crippen LogP contribution in [0.15, 0.2) is 29.3 Å². The Morgan fingerprint density at radius 3 is 2.56 bits per heavy atom. The van der Waals surface area contributed by atoms with Gasteiger partial charge in [-0.1, -0.05) is 23.7 Å². The van der Waals surface area contributed by atoms with Crippen molar-refractivity contribution >= 4 is 17.6 Å². The van der Waals surface area contributed by atoms with Crippen LogP contribution in [0.3, 0.4) is 0 Å². The van der Waals surface area contributed by atoms with Gasteiger partial charge in [-0.25, -0.2) is 0 Å². The SMILES string of the molecule is CCNC(=NCC(c1ccc(Cl)cc1)N(C)C)NCCCN1CCOCC1. The lowest BCUT2D eigenvalue weighted by Crippen LogP contribution is -2.41. The summed E-state index contributed by atoms with van der Waals surface area (Å²) in [7, 11) is 4.16. The summed E-state index contributed by atoms with van der Waals surface area (Å²) in [5, 5.41) is 7.56. The first-order chi connectivity index (χ1) is 13.1. The summed E-state index contributed by atoms with van der Waals surface area (Å²) in [6, 6.07) is 8.24. The fourth-order valence-electron chi connectivity index (χ4n) is 3.11. The third-order valence-electron chi connectivity index (χ3n) is 4.69. The molecule has 0 aromatic heterocycles. The smallest absolute Gasteiger partial charge is 0.191 e. The zero-order valence-corrected chi connectivity index (χ0v) is 17.6. The van der Waals surface area contributed by atoms with E-state index in [9.17, 15) is 0 Å². The average molecular weight is 396 g/mol. The topological polar surface area (TPSA) is 52.1 Å². The fraction of sp³-hybridized carbons (Fsp3) is 0.650. The van der Waals surface area contributed by atoms with Gasteiger partial charge < -0.3 is 20.3 Å². The van der Waals surface area contributed by atoms with Crippen LogP contribution < -0.4 is 10.6 Å². The molecule has 6 nitrogen and oxygen atoms in total. The molecule has 27 heavy (non-hydrogen) atoms. The van der Waals surface area contributed by atoms with E-state index < -0.39 is 0 Å². The Bertz CT molecular complexity index is 558. The first-order valence-electron chi connectivity index (χ1n) is 9.84. The first kappa shape index (κ1) is 22.0. The third kappa shape index (κ3) is 8.05. The van der Waals surface area contributed by atoms with Crippen molar-refractivity contribution in [2.75, 3.05) is 66.6 Å². The second kappa shape index (κ2) is 12.2. The molecule has 1 saturated heterocycles. The summed E-state index contributed by atoms with van der Waals surface area (Å²) in [5.74, 6) is 0.875. The van der Waals surface area contributed by atoms with Gasteiger partial charge in [-0.05, 0) is 51.7 Å². The molecule has 1 aromatic rings. The van der Waals surface area contributed by atoms with Crippen molar-refractivity contribution in [2.45, 2.75) is 19.4 Å². The number of guanidine groups is 1. The number of benzene rings is 1. The Morgan fingerprint density at radius 2 is 1.93 bits per heavy atom. The predicted molar refractivity (Wildman–Crippen MR) is 114 cm³/mol. The van der Waals surface area contributed by atoms with Crippen LogP contribution in [0, 0.1) is 0 Å². The molecule has 0 bridgehead atoms. The minimum atomic E-state index is 0.214. The van der Waals surface area contributed by atoms with Crippen LogP contribution in [0.4, 0.5) is 0 Å². The van der Waals surface area contributed by atoms with E-state index >= 15 is 0 Å². The standard InChI is InChI=1S/C20H34ClN5O/c1-4-22-20(23-10-5-11-26-12-14-27-15-13-26)24-16-19(25(2)3)17-6-8-18(21)9-7-17/h6-9,19H,4-5,10-16H2,1-3H3,(H2,22,23,24). The molecule has 1 aromatic carbocycles. The number of ether oxygens (including phenoxy) is 1. The fourth-order valence-corrected chi connectivity index (χ4v) is 3.23. The van der Waals surface area contributed by atoms with E-state index in [4.69, 9.17) is 21.3 Å². The minimum Gasteiger partial charge on any atom is -0.379 e. The number of nitrogens with zero attached hydrogens (tertiary/aromatic N) is 3. The number of morpholine rings is 1. The number of nitrogens with one attached hydrogen (secondary N) is 2. The molecule has 0 aliphatic carbocycles. The molecule has 7 heteroatoms. The van der Waals surface area contributed by atoms with Crippen LogP contribution in [0.2, 0.25) is 5.02 Å². The molecule has 2 rings (SSSR count). The molecular weight excluding hydrogens is 362 g/mol. The predicted octanol–water partition coefficient (Wildman–Crippen LogP) is 2.22. The highest BCUT2D eigenvalue weighted by Crippen LogP contribution is 2.20. The van der Waals surface area contributed by atoms with Gasteiger partial charge in [0.1, 0.15) is 0 Å². The molecule has 2 N–H and O–H groups in total. The van der Waals surface area contributed by atoms with Crippen molar-refractivity contribution in [3.63, 3.8) is 0 Å². The van der Waals surface area contributed by atoms with E-state index in [1.807, 2.05) is 12.1 Å². The van der Waals surface area contributed by atoms with Crippen LogP contribution in [0.1, 0.15) is 24.9 Å². The van der Waals surface area contributed by atoms with E-state index in [1.54, 1.807) is 0 Å². The lowest BCUT2D eigenvalue weighted by molar-refractivity contribution is 0.0376. The molecule has 0 spiro atoms. The third-order valence-corrected chi connectivity index (χ3v) is 4.94. The monoisotopic (exact) mass is 395 g/mol. The van der Waals surface area contributed by atoms with Crippen molar-refractivity contribution in [2.24, 2.45) is 4.99 Å². The zero-order chi connectivity index (χ0) is 19.5. The second-order valence-corrected chi connectivity index (χ2v) is 7.42. The maximum atomic E-state index is 6.02. The molecule has 0 amide bonds. The molecule has 1 unspecified atom stereocenters. The van der Waals surface area contributed by atoms with Crippen LogP contribution in [0.25, 0.3) is 0 Å². The molecule has 0 saturated carbocycles. The summed E-state index contributed by atoms with van der Waals surface area (Å²) in [6.45, 7) is 9.43. The number of likely N-dealkylation sites (N-methyl/N-ethyl adjacent to an activating group) is 1. The van der Waals surface area contributed by atoms with Crippen LogP contribution in [-0.2, 0) is 4.74 Å². The van der Waals surface area contributed by atoms with Gasteiger partial charge in [0.15, 0.2) is 5.96 Å². The molecule has 152 valence electrons. The van der Waals surface area contributed by atoms with Crippen molar-refractivity contribution in [3.8, 4) is 0 Å². The van der Waals surface area contributed by atoms with Gasteiger partial charge in [0.05, 0.1) is 25.8 Å². The lowest BCUT2D eigenvalue weighted by Gasteiger charge is -2.26. The van der Waals surface area contributed by atoms with Crippen molar-refractivity contribution < 1.29 is 4.74 Å². The minimum absolute atomic E-state index is 0.214. The normalized spacial score (nSPS) is 17.1. The van der Waals surface area contributed by atoms with Crippen molar-refractivity contribution in [1.82, 2.24) is 20.4 Å². The maximum absolute atomic E-state index is 6.02. The number of halogens is 1. The maximum Gasteiger partial charge on any atom is 0.191 e. The Hall–Kier alpha value is -1.34. The van der Waals surface area contributed by atoms with Crippen LogP contribution in [-0.4, -0.2) is 82.3 Å². The van der Waals surface area contributed by atoms with E-state index in [0.29, 0.717) is 6.54 Å². The zero-order valence-electron chi connectivity index (χ0n) is 16.9. The molecule has 0 radical (unpaired) electrons. The summed E-state index contributed by atoms with van der Waals surface area (Å²) < 4.78 is 5.40. The Morgan fingerprint density at radius 1 is 1.22 bits per heavy atom. The van der Waals surface area contributed by atoms with E-state index in [2.05, 4.69) is 53.6 Å². The largest absolute Gasteiger partial charge is 0.379 e. The molecule has 1 atom stereocenters. The summed E-state index contributed by atoms with van der Waals surface area (Å²) in [4.78, 5) is 9.45. The van der Waals surface area contributed by atoms with Crippen molar-refractivity contribution in [3.05, 3.63) is 34.9 Å². The van der Waals surface area contributed by atoms with Crippen LogP contribution in [0.5, 0.6) is 0 Å². The molecule has 1 heterocycles. The number of hydrogen-bond donors (Lipinski definition) is 2. The molecule has 1 fully saturated rings. The average Bonchev–Trinajstić information content (AvgIpc) is 2.67. The van der Waals surface area contributed by atoms with Gasteiger partial charge in [0, 0.05) is 31.2 Å². The van der Waals surface area contributed by atoms with Gasteiger partial charge in [-0.3, -0.25) is 9.89 Å². The van der Waals surface area contributed by atoms with E-state index in [-0.39, 0.29) is 6.04 Å². The number of rotatable bonds is 9. The Kier molecular flexibility index (Phi) is 9.91. The highest BCUT2D eigenvalue weighted by molar-refractivity contribution is 6.30. The van der Waals surface area contributed by atoms with Gasteiger partial charge in [0.25, 0.3) is 0 Å². The summed E-state index contributed by atoms with van der Waals surface area (Å²) >= 11 is 6.02. The lowest BCUT2D eigenvalue weighted by atomic mass is 10.1. The van der Waals surface area contributed by atoms with Crippen molar-refractivity contribution in [1.29, 1.82) is 0 Å².